The molecule has 0 saturated heterocycles. The lowest BCUT2D eigenvalue weighted by molar-refractivity contribution is -0.155. The summed E-state index contributed by atoms with van der Waals surface area (Å²) < 4.78 is 38.0. The fourth-order valence-corrected chi connectivity index (χ4v) is 7.90. The van der Waals surface area contributed by atoms with E-state index in [1.807, 2.05) is 42.5 Å². The van der Waals surface area contributed by atoms with E-state index in [4.69, 9.17) is 40.0 Å². The molecular weight excluding hydrogens is 788 g/mol. The Morgan fingerprint density at radius 3 is 1.36 bits per heavy atom. The first kappa shape index (κ1) is 52.3. The standard InChI is InChI=1S/C52H81ClO8/c1-7-13-17-19-21-29-49(54)60-43(36-56-34-40(11-5)25-15-9-3)38-58-51-45-27-23-24-28-46(45)52(48-33-42(53)31-32-47(48)51)59-39-44(37-57-35-41(12-6)26-16-10-4)61-50(55)30-22-20-18-14-8-2/h23-24,27-28,31-33,40-41,43-44H,7-22,25-26,29-30,34-39H2,1-6H3. The fraction of sp³-hybridized carbons (Fsp3) is 0.692. The summed E-state index contributed by atoms with van der Waals surface area (Å²) in [6, 6.07) is 13.6. The van der Waals surface area contributed by atoms with Gasteiger partial charge in [0.05, 0.1) is 13.2 Å². The van der Waals surface area contributed by atoms with Gasteiger partial charge in [0.15, 0.2) is 12.2 Å². The van der Waals surface area contributed by atoms with Crippen molar-refractivity contribution in [1.29, 1.82) is 0 Å². The number of unbranched alkanes of at least 4 members (excludes halogenated alkanes) is 10. The van der Waals surface area contributed by atoms with Gasteiger partial charge in [0, 0.05) is 52.6 Å². The van der Waals surface area contributed by atoms with E-state index in [2.05, 4.69) is 41.5 Å². The smallest absolute Gasteiger partial charge is 0.306 e. The van der Waals surface area contributed by atoms with Gasteiger partial charge < -0.3 is 28.4 Å². The Morgan fingerprint density at radius 2 is 0.918 bits per heavy atom. The van der Waals surface area contributed by atoms with Crippen LogP contribution in [-0.2, 0) is 28.5 Å². The van der Waals surface area contributed by atoms with Gasteiger partial charge in [-0.2, -0.15) is 0 Å². The molecule has 0 aliphatic carbocycles. The molecule has 344 valence electrons. The monoisotopic (exact) mass is 869 g/mol. The Kier molecular flexibility index (Phi) is 27.2. The van der Waals surface area contributed by atoms with Gasteiger partial charge in [0.2, 0.25) is 0 Å². The summed E-state index contributed by atoms with van der Waals surface area (Å²) in [6.07, 6.45) is 19.1. The molecule has 3 rings (SSSR count). The van der Waals surface area contributed by atoms with Gasteiger partial charge >= 0.3 is 11.9 Å². The summed E-state index contributed by atoms with van der Waals surface area (Å²) in [7, 11) is 0. The second-order valence-electron chi connectivity index (χ2n) is 17.0. The van der Waals surface area contributed by atoms with Crippen molar-refractivity contribution in [3.8, 4) is 11.5 Å². The third kappa shape index (κ3) is 19.9. The fourth-order valence-electron chi connectivity index (χ4n) is 7.73. The van der Waals surface area contributed by atoms with E-state index in [0.717, 1.165) is 111 Å². The van der Waals surface area contributed by atoms with E-state index in [0.29, 0.717) is 54.4 Å². The Hall–Kier alpha value is -3.07. The lowest BCUT2D eigenvalue weighted by Gasteiger charge is -2.24. The summed E-state index contributed by atoms with van der Waals surface area (Å²) in [5.41, 5.74) is 0. The van der Waals surface area contributed by atoms with E-state index in [1.54, 1.807) is 0 Å². The van der Waals surface area contributed by atoms with Crippen LogP contribution in [0.2, 0.25) is 5.02 Å². The Labute approximate surface area is 374 Å². The van der Waals surface area contributed by atoms with Gasteiger partial charge in [-0.15, -0.1) is 0 Å². The van der Waals surface area contributed by atoms with Crippen LogP contribution in [0.15, 0.2) is 42.5 Å². The Bertz CT molecular complexity index is 1640. The Balaban J connectivity index is 1.88. The molecule has 0 saturated carbocycles. The van der Waals surface area contributed by atoms with Gasteiger partial charge in [-0.25, -0.2) is 0 Å². The highest BCUT2D eigenvalue weighted by molar-refractivity contribution is 6.31. The summed E-state index contributed by atoms with van der Waals surface area (Å²) in [5, 5.41) is 3.81. The largest absolute Gasteiger partial charge is 0.488 e. The second-order valence-corrected chi connectivity index (χ2v) is 17.4. The topological polar surface area (TPSA) is 89.5 Å². The van der Waals surface area contributed by atoms with Crippen LogP contribution in [0.25, 0.3) is 21.5 Å². The molecular formula is C52H81ClO8. The van der Waals surface area contributed by atoms with Crippen molar-refractivity contribution < 1.29 is 38.0 Å². The quantitative estimate of drug-likeness (QED) is 0.0324. The molecule has 0 aromatic heterocycles. The number of esters is 2. The van der Waals surface area contributed by atoms with Crippen LogP contribution in [0.5, 0.6) is 11.5 Å². The highest BCUT2D eigenvalue weighted by Gasteiger charge is 2.23. The molecule has 3 aromatic rings. The molecule has 0 aliphatic heterocycles. The molecule has 0 aliphatic rings. The number of fused-ring (bicyclic) bond motifs is 2. The van der Waals surface area contributed by atoms with E-state index in [9.17, 15) is 9.59 Å². The molecule has 0 spiro atoms. The summed E-state index contributed by atoms with van der Waals surface area (Å²) >= 11 is 6.67. The lowest BCUT2D eigenvalue weighted by Crippen LogP contribution is -2.31. The van der Waals surface area contributed by atoms with Crippen molar-refractivity contribution in [3.63, 3.8) is 0 Å². The third-order valence-electron chi connectivity index (χ3n) is 11.7. The first-order valence-electron chi connectivity index (χ1n) is 24.2. The molecule has 0 fully saturated rings. The number of rotatable bonds is 36. The molecule has 3 aromatic carbocycles. The van der Waals surface area contributed by atoms with Crippen molar-refractivity contribution in [2.45, 2.75) is 182 Å². The zero-order chi connectivity index (χ0) is 44.1. The van der Waals surface area contributed by atoms with E-state index in [1.165, 1.54) is 25.7 Å². The summed E-state index contributed by atoms with van der Waals surface area (Å²) in [5.74, 6) is 1.75. The number of hydrogen-bond donors (Lipinski definition) is 0. The Morgan fingerprint density at radius 1 is 0.492 bits per heavy atom. The minimum Gasteiger partial charge on any atom is -0.488 e. The molecule has 8 nitrogen and oxygen atoms in total. The first-order valence-corrected chi connectivity index (χ1v) is 24.6. The zero-order valence-corrected chi connectivity index (χ0v) is 39.6. The maximum Gasteiger partial charge on any atom is 0.306 e. The van der Waals surface area contributed by atoms with E-state index < -0.39 is 12.2 Å². The van der Waals surface area contributed by atoms with Crippen molar-refractivity contribution in [2.75, 3.05) is 39.6 Å². The van der Waals surface area contributed by atoms with Crippen LogP contribution in [0.1, 0.15) is 170 Å². The molecule has 4 unspecified atom stereocenters. The number of benzene rings is 3. The summed E-state index contributed by atoms with van der Waals surface area (Å²) in [4.78, 5) is 26.3. The number of carbonyl (C=O) groups is 2. The van der Waals surface area contributed by atoms with Crippen LogP contribution in [0, 0.1) is 11.8 Å². The maximum absolute atomic E-state index is 13.1. The van der Waals surface area contributed by atoms with E-state index in [-0.39, 0.29) is 38.4 Å². The predicted molar refractivity (Wildman–Crippen MR) is 252 cm³/mol. The normalized spacial score (nSPS) is 13.6. The lowest BCUT2D eigenvalue weighted by atomic mass is 10.0. The van der Waals surface area contributed by atoms with Gasteiger partial charge in [0.1, 0.15) is 24.7 Å². The van der Waals surface area contributed by atoms with Gasteiger partial charge in [-0.3, -0.25) is 9.59 Å². The molecule has 0 bridgehead atoms. The van der Waals surface area contributed by atoms with Crippen LogP contribution < -0.4 is 9.47 Å². The zero-order valence-electron chi connectivity index (χ0n) is 38.9. The second kappa shape index (κ2) is 31.7. The molecule has 9 heteroatoms. The van der Waals surface area contributed by atoms with Crippen LogP contribution in [-0.4, -0.2) is 63.8 Å². The maximum atomic E-state index is 13.1. The molecule has 0 amide bonds. The molecule has 61 heavy (non-hydrogen) atoms. The number of hydrogen-bond acceptors (Lipinski definition) is 8. The first-order chi connectivity index (χ1) is 29.8. The summed E-state index contributed by atoms with van der Waals surface area (Å²) in [6.45, 7) is 15.2. The van der Waals surface area contributed by atoms with Crippen LogP contribution in [0.3, 0.4) is 0 Å². The average molecular weight is 870 g/mol. The van der Waals surface area contributed by atoms with Gasteiger partial charge in [-0.05, 0) is 55.7 Å². The highest BCUT2D eigenvalue weighted by Crippen LogP contribution is 2.44. The number of halogens is 1. The number of carbonyl (C=O) groups excluding carboxylic acids is 2. The van der Waals surface area contributed by atoms with Crippen molar-refractivity contribution >= 4 is 45.1 Å². The molecule has 0 heterocycles. The van der Waals surface area contributed by atoms with Crippen LogP contribution in [0.4, 0.5) is 0 Å². The predicted octanol–water partition coefficient (Wildman–Crippen LogP) is 14.4. The average Bonchev–Trinajstić information content (AvgIpc) is 3.26. The van der Waals surface area contributed by atoms with Gasteiger partial charge in [-0.1, -0.05) is 167 Å². The SMILES string of the molecule is CCCCCCCC(=O)OC(COCC(CC)CCCC)COc1c2ccccc2c(OCC(COCC(CC)CCCC)OC(=O)CCCCCCC)c2cc(Cl)ccc12. The van der Waals surface area contributed by atoms with Crippen molar-refractivity contribution in [2.24, 2.45) is 11.8 Å². The van der Waals surface area contributed by atoms with Crippen molar-refractivity contribution in [3.05, 3.63) is 47.5 Å². The highest BCUT2D eigenvalue weighted by atomic mass is 35.5. The van der Waals surface area contributed by atoms with Gasteiger partial charge in [0.25, 0.3) is 0 Å². The van der Waals surface area contributed by atoms with Crippen LogP contribution >= 0.6 is 11.6 Å². The molecule has 4 atom stereocenters. The number of ether oxygens (including phenoxy) is 6. The molecule has 0 N–H and O–H groups in total. The van der Waals surface area contributed by atoms with E-state index >= 15 is 0 Å². The minimum absolute atomic E-state index is 0.115. The van der Waals surface area contributed by atoms with Crippen molar-refractivity contribution in [1.82, 2.24) is 0 Å². The third-order valence-corrected chi connectivity index (χ3v) is 11.9. The minimum atomic E-state index is -0.591. The molecule has 0 radical (unpaired) electrons.